The number of carbonyl (C=O) groups is 1. The number of nitrogens with one attached hydrogen (secondary N) is 1. The van der Waals surface area contributed by atoms with Crippen LogP contribution in [0.2, 0.25) is 0 Å². The minimum atomic E-state index is -0.107. The van der Waals surface area contributed by atoms with Gasteiger partial charge in [-0.15, -0.1) is 0 Å². The van der Waals surface area contributed by atoms with E-state index in [9.17, 15) is 4.79 Å². The number of imidazole rings is 1. The molecular weight excluding hydrogens is 424 g/mol. The van der Waals surface area contributed by atoms with E-state index in [1.54, 1.807) is 0 Å². The van der Waals surface area contributed by atoms with Crippen molar-refractivity contribution in [1.29, 1.82) is 0 Å². The second kappa shape index (κ2) is 9.65. The van der Waals surface area contributed by atoms with Crippen LogP contribution in [-0.4, -0.2) is 58.1 Å². The number of aryl methyl sites for hydroxylation is 2. The Labute approximate surface area is 200 Å². The smallest absolute Gasteiger partial charge is 0.255 e. The highest BCUT2D eigenvalue weighted by Gasteiger charge is 2.18. The van der Waals surface area contributed by atoms with Crippen molar-refractivity contribution < 1.29 is 4.79 Å². The summed E-state index contributed by atoms with van der Waals surface area (Å²) in [6, 6.07) is 19.6. The van der Waals surface area contributed by atoms with E-state index in [0.29, 0.717) is 5.56 Å². The van der Waals surface area contributed by atoms with Crippen molar-refractivity contribution >= 4 is 28.4 Å². The predicted octanol–water partition coefficient (Wildman–Crippen LogP) is 3.89. The number of piperazine rings is 1. The fourth-order valence-corrected chi connectivity index (χ4v) is 4.54. The first-order chi connectivity index (χ1) is 16.6. The van der Waals surface area contributed by atoms with Crippen molar-refractivity contribution in [3.63, 3.8) is 0 Å². The molecular formula is C27H30N6O. The topological polar surface area (TPSA) is 66.3 Å². The number of carbonyl (C=O) groups excluding carboxylic acids is 1. The van der Waals surface area contributed by atoms with Gasteiger partial charge >= 0.3 is 0 Å². The van der Waals surface area contributed by atoms with Gasteiger partial charge in [0, 0.05) is 63.6 Å². The highest BCUT2D eigenvalue weighted by Crippen LogP contribution is 2.21. The highest BCUT2D eigenvalue weighted by molar-refractivity contribution is 6.05. The van der Waals surface area contributed by atoms with Gasteiger partial charge in [0.2, 0.25) is 0 Å². The second-order valence-electron chi connectivity index (χ2n) is 8.88. The standard InChI is InChI=1S/C27H30N6O/c1-20-6-5-7-21(18-20)27(34)29-22-9-10-24-23(19-22)30-26(31(24)2)11-13-32-14-16-33(17-15-32)25-8-3-4-12-28-25/h3-10,12,18-19H,11,13-17H2,1-2H3,(H,29,34). The molecule has 0 saturated carbocycles. The van der Waals surface area contributed by atoms with Gasteiger partial charge in [-0.25, -0.2) is 9.97 Å². The van der Waals surface area contributed by atoms with E-state index >= 15 is 0 Å². The molecule has 0 radical (unpaired) electrons. The third-order valence-electron chi connectivity index (χ3n) is 6.51. The zero-order valence-corrected chi connectivity index (χ0v) is 19.7. The molecule has 34 heavy (non-hydrogen) atoms. The number of anilines is 2. The van der Waals surface area contributed by atoms with E-state index < -0.39 is 0 Å². The molecule has 1 aliphatic heterocycles. The summed E-state index contributed by atoms with van der Waals surface area (Å²) in [6.45, 7) is 6.99. The summed E-state index contributed by atoms with van der Waals surface area (Å²) in [4.78, 5) is 26.8. The number of nitrogens with zero attached hydrogens (tertiary/aromatic N) is 5. The van der Waals surface area contributed by atoms with Gasteiger partial charge in [-0.1, -0.05) is 23.8 Å². The fourth-order valence-electron chi connectivity index (χ4n) is 4.54. The summed E-state index contributed by atoms with van der Waals surface area (Å²) < 4.78 is 2.16. The molecule has 1 fully saturated rings. The van der Waals surface area contributed by atoms with Gasteiger partial charge in [0.1, 0.15) is 11.6 Å². The second-order valence-corrected chi connectivity index (χ2v) is 8.88. The van der Waals surface area contributed by atoms with Crippen molar-refractivity contribution in [3.8, 4) is 0 Å². The number of amides is 1. The highest BCUT2D eigenvalue weighted by atomic mass is 16.1. The molecule has 7 nitrogen and oxygen atoms in total. The molecule has 5 rings (SSSR count). The van der Waals surface area contributed by atoms with Gasteiger partial charge in [-0.05, 0) is 49.4 Å². The molecule has 174 valence electrons. The first-order valence-corrected chi connectivity index (χ1v) is 11.8. The van der Waals surface area contributed by atoms with Crippen LogP contribution >= 0.6 is 0 Å². The number of rotatable bonds is 6. The van der Waals surface area contributed by atoms with Crippen LogP contribution in [-0.2, 0) is 13.5 Å². The minimum absolute atomic E-state index is 0.107. The molecule has 1 amide bonds. The Balaban J connectivity index is 1.21. The summed E-state index contributed by atoms with van der Waals surface area (Å²) in [6.07, 6.45) is 2.74. The summed E-state index contributed by atoms with van der Waals surface area (Å²) in [5.41, 5.74) is 4.46. The van der Waals surface area contributed by atoms with Crippen LogP contribution in [0.15, 0.2) is 66.9 Å². The number of fused-ring (bicyclic) bond motifs is 1. The molecule has 1 saturated heterocycles. The van der Waals surface area contributed by atoms with E-state index in [0.717, 1.165) is 73.1 Å². The quantitative estimate of drug-likeness (QED) is 0.479. The zero-order chi connectivity index (χ0) is 23.5. The lowest BCUT2D eigenvalue weighted by Crippen LogP contribution is -2.47. The predicted molar refractivity (Wildman–Crippen MR) is 136 cm³/mol. The van der Waals surface area contributed by atoms with Crippen LogP contribution in [0.4, 0.5) is 11.5 Å². The van der Waals surface area contributed by atoms with Crippen LogP contribution in [0.3, 0.4) is 0 Å². The average Bonchev–Trinajstić information content (AvgIpc) is 3.18. The maximum atomic E-state index is 12.6. The normalized spacial score (nSPS) is 14.5. The van der Waals surface area contributed by atoms with Crippen molar-refractivity contribution in [2.24, 2.45) is 7.05 Å². The van der Waals surface area contributed by atoms with Gasteiger partial charge in [0.05, 0.1) is 11.0 Å². The lowest BCUT2D eigenvalue weighted by atomic mass is 10.1. The van der Waals surface area contributed by atoms with Crippen LogP contribution in [0.1, 0.15) is 21.7 Å². The molecule has 2 aromatic heterocycles. The number of hydrogen-bond donors (Lipinski definition) is 1. The van der Waals surface area contributed by atoms with Crippen molar-refractivity contribution in [2.45, 2.75) is 13.3 Å². The Morgan fingerprint density at radius 1 is 1.00 bits per heavy atom. The molecule has 4 aromatic rings. The molecule has 0 unspecified atom stereocenters. The first-order valence-electron chi connectivity index (χ1n) is 11.8. The Hall–Kier alpha value is -3.71. The van der Waals surface area contributed by atoms with Gasteiger partial charge < -0.3 is 14.8 Å². The van der Waals surface area contributed by atoms with Crippen LogP contribution in [0.5, 0.6) is 0 Å². The number of aromatic nitrogens is 3. The van der Waals surface area contributed by atoms with Crippen LogP contribution in [0.25, 0.3) is 11.0 Å². The maximum absolute atomic E-state index is 12.6. The summed E-state index contributed by atoms with van der Waals surface area (Å²) in [5.74, 6) is 2.01. The summed E-state index contributed by atoms with van der Waals surface area (Å²) in [5, 5.41) is 3.00. The Morgan fingerprint density at radius 2 is 1.85 bits per heavy atom. The van der Waals surface area contributed by atoms with E-state index in [1.807, 2.05) is 67.7 Å². The largest absolute Gasteiger partial charge is 0.354 e. The lowest BCUT2D eigenvalue weighted by molar-refractivity contribution is 0.102. The monoisotopic (exact) mass is 454 g/mol. The maximum Gasteiger partial charge on any atom is 0.255 e. The molecule has 0 bridgehead atoms. The van der Waals surface area contributed by atoms with Crippen LogP contribution in [0, 0.1) is 6.92 Å². The molecule has 0 spiro atoms. The van der Waals surface area contributed by atoms with E-state index in [2.05, 4.69) is 37.8 Å². The first kappa shape index (κ1) is 22.1. The molecule has 1 N–H and O–H groups in total. The Morgan fingerprint density at radius 3 is 2.62 bits per heavy atom. The van der Waals surface area contributed by atoms with Gasteiger partial charge in [0.25, 0.3) is 5.91 Å². The number of hydrogen-bond acceptors (Lipinski definition) is 5. The van der Waals surface area contributed by atoms with E-state index in [1.165, 1.54) is 0 Å². The van der Waals surface area contributed by atoms with Crippen molar-refractivity contribution in [3.05, 3.63) is 83.8 Å². The van der Waals surface area contributed by atoms with Gasteiger partial charge in [0.15, 0.2) is 0 Å². The van der Waals surface area contributed by atoms with E-state index in [-0.39, 0.29) is 5.91 Å². The Bertz CT molecular complexity index is 1290. The van der Waals surface area contributed by atoms with E-state index in [4.69, 9.17) is 4.98 Å². The minimum Gasteiger partial charge on any atom is -0.354 e. The summed E-state index contributed by atoms with van der Waals surface area (Å²) in [7, 11) is 2.06. The molecule has 1 aliphatic rings. The third kappa shape index (κ3) is 4.79. The zero-order valence-electron chi connectivity index (χ0n) is 19.7. The molecule has 3 heterocycles. The number of pyridine rings is 1. The summed E-state index contributed by atoms with van der Waals surface area (Å²) >= 11 is 0. The van der Waals surface area contributed by atoms with Crippen molar-refractivity contribution in [2.75, 3.05) is 42.9 Å². The molecule has 2 aromatic carbocycles. The molecule has 0 atom stereocenters. The third-order valence-corrected chi connectivity index (χ3v) is 6.51. The van der Waals surface area contributed by atoms with Gasteiger partial charge in [-0.3, -0.25) is 9.69 Å². The number of benzene rings is 2. The van der Waals surface area contributed by atoms with Crippen molar-refractivity contribution in [1.82, 2.24) is 19.4 Å². The SMILES string of the molecule is Cc1cccc(C(=O)Nc2ccc3c(c2)nc(CCN2CCN(c4ccccn4)CC2)n3C)c1. The average molecular weight is 455 g/mol. The molecule has 7 heteroatoms. The lowest BCUT2D eigenvalue weighted by Gasteiger charge is -2.35. The fraction of sp³-hybridized carbons (Fsp3) is 0.296. The molecule has 0 aliphatic carbocycles. The Kier molecular flexibility index (Phi) is 6.27. The van der Waals surface area contributed by atoms with Gasteiger partial charge in [-0.2, -0.15) is 0 Å². The van der Waals surface area contributed by atoms with Crippen LogP contribution < -0.4 is 10.2 Å².